The van der Waals surface area contributed by atoms with Gasteiger partial charge in [0.1, 0.15) is 5.82 Å². The van der Waals surface area contributed by atoms with E-state index >= 15 is 0 Å². The fraction of sp³-hybridized carbons (Fsp3) is 0.222. The van der Waals surface area contributed by atoms with Crippen molar-refractivity contribution in [2.45, 2.75) is 27.2 Å². The number of hydrogen-bond donors (Lipinski definition) is 1. The van der Waals surface area contributed by atoms with Gasteiger partial charge in [-0.25, -0.2) is 4.39 Å². The summed E-state index contributed by atoms with van der Waals surface area (Å²) in [6.45, 7) is 5.77. The fourth-order valence-electron chi connectivity index (χ4n) is 2.05. The molecule has 0 saturated carbocycles. The molecule has 0 aliphatic carbocycles. The van der Waals surface area contributed by atoms with E-state index in [9.17, 15) is 9.50 Å². The van der Waals surface area contributed by atoms with Crippen LogP contribution in [0.25, 0.3) is 10.4 Å². The van der Waals surface area contributed by atoms with Gasteiger partial charge in [0.2, 0.25) is 0 Å². The highest BCUT2D eigenvalue weighted by Crippen LogP contribution is 2.30. The Bertz CT molecular complexity index is 669. The minimum Gasteiger partial charge on any atom is -0.513 e. The van der Waals surface area contributed by atoms with Crippen molar-refractivity contribution in [2.75, 3.05) is 0 Å². The lowest BCUT2D eigenvalue weighted by molar-refractivity contribution is 0.413. The molecule has 0 radical (unpaired) electrons. The summed E-state index contributed by atoms with van der Waals surface area (Å²) in [7, 11) is 0. The second-order valence-corrected chi connectivity index (χ2v) is 6.43. The number of hydrogen-bond acceptors (Lipinski definition) is 2. The number of halogens is 1. The van der Waals surface area contributed by atoms with Crippen molar-refractivity contribution in [2.24, 2.45) is 0 Å². The molecule has 0 atom stereocenters. The first-order chi connectivity index (χ1) is 9.95. The molecule has 110 valence electrons. The number of rotatable bonds is 4. The van der Waals surface area contributed by atoms with E-state index in [1.54, 1.807) is 30.4 Å². The first-order valence-electron chi connectivity index (χ1n) is 6.84. The first kappa shape index (κ1) is 15.5. The standard InChI is InChI=1S/C18H19FOS/c1-12(2)15(10-13(3)20)11-17-8-9-18(21-17)14-4-6-16(19)7-5-14/h4-10,20H,11H2,1-3H3/b13-10+. The molecule has 1 aromatic carbocycles. The fourth-order valence-corrected chi connectivity index (χ4v) is 3.09. The average Bonchev–Trinajstić information content (AvgIpc) is 2.87. The number of allylic oxidation sites excluding steroid dienone is 4. The lowest BCUT2D eigenvalue weighted by atomic mass is 10.1. The number of aliphatic hydroxyl groups excluding tert-OH is 1. The van der Waals surface area contributed by atoms with Gasteiger partial charge >= 0.3 is 0 Å². The second-order valence-electron chi connectivity index (χ2n) is 5.26. The average molecular weight is 302 g/mol. The summed E-state index contributed by atoms with van der Waals surface area (Å²) in [5.74, 6) is 0.104. The van der Waals surface area contributed by atoms with Gasteiger partial charge in [-0.1, -0.05) is 17.7 Å². The van der Waals surface area contributed by atoms with Gasteiger partial charge in [0, 0.05) is 16.2 Å². The molecule has 1 nitrogen and oxygen atoms in total. The normalized spacial score (nSPS) is 11.5. The van der Waals surface area contributed by atoms with Gasteiger partial charge in [0.05, 0.1) is 5.76 Å². The van der Waals surface area contributed by atoms with Crippen LogP contribution in [0.1, 0.15) is 25.6 Å². The summed E-state index contributed by atoms with van der Waals surface area (Å²) < 4.78 is 13.0. The maximum atomic E-state index is 13.0. The van der Waals surface area contributed by atoms with Gasteiger partial charge in [-0.15, -0.1) is 11.3 Å². The van der Waals surface area contributed by atoms with E-state index in [1.807, 2.05) is 19.9 Å². The molecule has 3 heteroatoms. The van der Waals surface area contributed by atoms with Crippen LogP contribution >= 0.6 is 11.3 Å². The zero-order valence-electron chi connectivity index (χ0n) is 12.5. The Morgan fingerprint density at radius 1 is 1.10 bits per heavy atom. The van der Waals surface area contributed by atoms with E-state index in [0.29, 0.717) is 5.76 Å². The largest absolute Gasteiger partial charge is 0.513 e. The van der Waals surface area contributed by atoms with Gasteiger partial charge in [-0.05, 0) is 62.2 Å². The van der Waals surface area contributed by atoms with Crippen LogP contribution < -0.4 is 0 Å². The van der Waals surface area contributed by atoms with Crippen LogP contribution in [0.15, 0.2) is 59.4 Å². The van der Waals surface area contributed by atoms with Crippen molar-refractivity contribution in [3.05, 3.63) is 70.1 Å². The van der Waals surface area contributed by atoms with Crippen molar-refractivity contribution in [1.82, 2.24) is 0 Å². The molecule has 2 rings (SSSR count). The van der Waals surface area contributed by atoms with Crippen LogP contribution in [0.5, 0.6) is 0 Å². The van der Waals surface area contributed by atoms with E-state index in [2.05, 4.69) is 12.1 Å². The highest BCUT2D eigenvalue weighted by Gasteiger charge is 2.06. The summed E-state index contributed by atoms with van der Waals surface area (Å²) in [5.41, 5.74) is 3.35. The van der Waals surface area contributed by atoms with Crippen LogP contribution in [0, 0.1) is 5.82 Å². The predicted molar refractivity (Wildman–Crippen MR) is 88.2 cm³/mol. The van der Waals surface area contributed by atoms with Crippen LogP contribution in [-0.2, 0) is 6.42 Å². The molecule has 0 amide bonds. The van der Waals surface area contributed by atoms with Crippen LogP contribution in [0.4, 0.5) is 4.39 Å². The molecule has 1 N–H and O–H groups in total. The maximum absolute atomic E-state index is 13.0. The summed E-state index contributed by atoms with van der Waals surface area (Å²) in [5, 5.41) is 9.45. The van der Waals surface area contributed by atoms with Crippen LogP contribution in [-0.4, -0.2) is 5.11 Å². The molecule has 0 saturated heterocycles. The topological polar surface area (TPSA) is 20.2 Å². The zero-order chi connectivity index (χ0) is 15.4. The number of benzene rings is 1. The lowest BCUT2D eigenvalue weighted by Gasteiger charge is -2.04. The third-order valence-corrected chi connectivity index (χ3v) is 4.31. The smallest absolute Gasteiger partial charge is 0.123 e. The van der Waals surface area contributed by atoms with Gasteiger partial charge in [0.25, 0.3) is 0 Å². The molecular formula is C18H19FOS. The molecule has 0 spiro atoms. The zero-order valence-corrected chi connectivity index (χ0v) is 13.3. The van der Waals surface area contributed by atoms with Gasteiger partial charge < -0.3 is 5.11 Å². The molecule has 0 bridgehead atoms. The van der Waals surface area contributed by atoms with Crippen molar-refractivity contribution < 1.29 is 9.50 Å². The third-order valence-electron chi connectivity index (χ3n) is 3.18. The first-order valence-corrected chi connectivity index (χ1v) is 7.65. The van der Waals surface area contributed by atoms with E-state index in [-0.39, 0.29) is 5.82 Å². The summed E-state index contributed by atoms with van der Waals surface area (Å²) in [6, 6.07) is 10.7. The van der Waals surface area contributed by atoms with Crippen LogP contribution in [0.2, 0.25) is 0 Å². The van der Waals surface area contributed by atoms with Crippen molar-refractivity contribution in [3.63, 3.8) is 0 Å². The highest BCUT2D eigenvalue weighted by atomic mass is 32.1. The van der Waals surface area contributed by atoms with E-state index in [0.717, 1.165) is 22.4 Å². The molecule has 2 aromatic rings. The Morgan fingerprint density at radius 3 is 2.33 bits per heavy atom. The van der Waals surface area contributed by atoms with Gasteiger partial charge in [0.15, 0.2) is 0 Å². The van der Waals surface area contributed by atoms with Crippen molar-refractivity contribution in [3.8, 4) is 10.4 Å². The SMILES string of the molecule is CC(C)=C(/C=C(\C)O)Cc1ccc(-c2ccc(F)cc2)s1. The van der Waals surface area contributed by atoms with E-state index in [4.69, 9.17) is 0 Å². The molecule has 0 aliphatic rings. The highest BCUT2D eigenvalue weighted by molar-refractivity contribution is 7.15. The molecular weight excluding hydrogens is 283 g/mol. The quantitative estimate of drug-likeness (QED) is 0.551. The summed E-state index contributed by atoms with van der Waals surface area (Å²) in [4.78, 5) is 2.35. The molecule has 21 heavy (non-hydrogen) atoms. The molecule has 1 heterocycles. The Kier molecular flexibility index (Phi) is 4.97. The van der Waals surface area contributed by atoms with E-state index < -0.39 is 0 Å². The Labute approximate surface area is 129 Å². The Hall–Kier alpha value is -1.87. The molecule has 1 aromatic heterocycles. The second kappa shape index (κ2) is 6.72. The monoisotopic (exact) mass is 302 g/mol. The summed E-state index contributed by atoms with van der Waals surface area (Å²) >= 11 is 1.70. The molecule has 0 aliphatic heterocycles. The minimum atomic E-state index is -0.217. The van der Waals surface area contributed by atoms with Crippen LogP contribution in [0.3, 0.4) is 0 Å². The lowest BCUT2D eigenvalue weighted by Crippen LogP contribution is -1.89. The maximum Gasteiger partial charge on any atom is 0.123 e. The summed E-state index contributed by atoms with van der Waals surface area (Å²) in [6.07, 6.45) is 2.61. The minimum absolute atomic E-state index is 0.217. The molecule has 0 fully saturated rings. The predicted octanol–water partition coefficient (Wildman–Crippen LogP) is 5.89. The molecule has 0 unspecified atom stereocenters. The number of thiophene rings is 1. The van der Waals surface area contributed by atoms with E-state index in [1.165, 1.54) is 22.6 Å². The van der Waals surface area contributed by atoms with Gasteiger partial charge in [-0.3, -0.25) is 0 Å². The third kappa shape index (κ3) is 4.30. The van der Waals surface area contributed by atoms with Gasteiger partial charge in [-0.2, -0.15) is 0 Å². The Morgan fingerprint density at radius 2 is 1.76 bits per heavy atom. The number of aliphatic hydroxyl groups is 1. The Balaban J connectivity index is 2.22. The van der Waals surface area contributed by atoms with Crippen molar-refractivity contribution >= 4 is 11.3 Å². The van der Waals surface area contributed by atoms with Crippen molar-refractivity contribution in [1.29, 1.82) is 0 Å².